The summed E-state index contributed by atoms with van der Waals surface area (Å²) < 4.78 is 2.00. The summed E-state index contributed by atoms with van der Waals surface area (Å²) in [5, 5.41) is 12.8. The molecule has 7 heteroatoms. The fraction of sp³-hybridized carbons (Fsp3) is 0.286. The highest BCUT2D eigenvalue weighted by Gasteiger charge is 2.21. The molecule has 1 N–H and O–H groups in total. The van der Waals surface area contributed by atoms with Crippen LogP contribution in [0.1, 0.15) is 32.4 Å². The summed E-state index contributed by atoms with van der Waals surface area (Å²) in [5.74, 6) is 0.717. The zero-order valence-electron chi connectivity index (χ0n) is 16.1. The molecule has 28 heavy (non-hydrogen) atoms. The third kappa shape index (κ3) is 4.75. The first kappa shape index (κ1) is 20.4. The van der Waals surface area contributed by atoms with E-state index in [-0.39, 0.29) is 17.2 Å². The molecule has 0 bridgehead atoms. The Morgan fingerprint density at radius 1 is 1.14 bits per heavy atom. The normalized spacial score (nSPS) is 13.1. The minimum absolute atomic E-state index is 0.0312. The van der Waals surface area contributed by atoms with Gasteiger partial charge in [0.15, 0.2) is 11.0 Å². The summed E-state index contributed by atoms with van der Waals surface area (Å²) in [6.07, 6.45) is 0. The maximum absolute atomic E-state index is 12.6. The predicted molar refractivity (Wildman–Crippen MR) is 114 cm³/mol. The quantitative estimate of drug-likeness (QED) is 0.554. The molecule has 146 valence electrons. The van der Waals surface area contributed by atoms with E-state index in [1.165, 1.54) is 11.8 Å². The molecule has 1 aromatic heterocycles. The van der Waals surface area contributed by atoms with E-state index in [1.54, 1.807) is 0 Å². The Hall–Kier alpha value is -2.31. The summed E-state index contributed by atoms with van der Waals surface area (Å²) >= 11 is 7.51. The molecule has 2 atom stereocenters. The number of hydrogen-bond donors (Lipinski definition) is 1. The standard InChI is InChI=1S/C21H23ClN4OS/c1-4-26-19(17-11-8-12-18(22)13-17)24-25-21(26)28-15(3)20(27)23-14(2)16-9-6-5-7-10-16/h5-15H,4H2,1-3H3,(H,23,27). The van der Waals surface area contributed by atoms with Crippen molar-refractivity contribution in [3.05, 3.63) is 65.2 Å². The van der Waals surface area contributed by atoms with Gasteiger partial charge in [0.2, 0.25) is 5.91 Å². The molecule has 2 unspecified atom stereocenters. The highest BCUT2D eigenvalue weighted by atomic mass is 35.5. The van der Waals surface area contributed by atoms with E-state index in [9.17, 15) is 4.79 Å². The zero-order chi connectivity index (χ0) is 20.1. The number of carbonyl (C=O) groups is 1. The second-order valence-electron chi connectivity index (χ2n) is 6.46. The van der Waals surface area contributed by atoms with Crippen LogP contribution in [-0.4, -0.2) is 25.9 Å². The van der Waals surface area contributed by atoms with Gasteiger partial charge in [0.1, 0.15) is 0 Å². The molecule has 0 radical (unpaired) electrons. The molecule has 1 amide bonds. The first-order valence-electron chi connectivity index (χ1n) is 9.20. The Labute approximate surface area is 174 Å². The molecular weight excluding hydrogens is 392 g/mol. The third-order valence-electron chi connectivity index (χ3n) is 4.43. The van der Waals surface area contributed by atoms with Gasteiger partial charge in [-0.25, -0.2) is 0 Å². The van der Waals surface area contributed by atoms with E-state index in [0.717, 1.165) is 17.0 Å². The molecule has 1 heterocycles. The maximum atomic E-state index is 12.6. The summed E-state index contributed by atoms with van der Waals surface area (Å²) in [5.41, 5.74) is 1.98. The van der Waals surface area contributed by atoms with E-state index < -0.39 is 0 Å². The molecule has 0 fully saturated rings. The minimum Gasteiger partial charge on any atom is -0.349 e. The molecule has 0 aliphatic rings. The van der Waals surface area contributed by atoms with E-state index in [1.807, 2.05) is 79.9 Å². The molecule has 0 aliphatic heterocycles. The lowest BCUT2D eigenvalue weighted by Gasteiger charge is -2.17. The van der Waals surface area contributed by atoms with Crippen LogP contribution in [0, 0.1) is 0 Å². The van der Waals surface area contributed by atoms with Gasteiger partial charge in [-0.2, -0.15) is 0 Å². The Morgan fingerprint density at radius 3 is 2.57 bits per heavy atom. The van der Waals surface area contributed by atoms with E-state index in [0.29, 0.717) is 16.7 Å². The number of rotatable bonds is 7. The van der Waals surface area contributed by atoms with Gasteiger partial charge in [-0.3, -0.25) is 4.79 Å². The summed E-state index contributed by atoms with van der Waals surface area (Å²) in [7, 11) is 0. The van der Waals surface area contributed by atoms with Crippen LogP contribution in [0.2, 0.25) is 5.02 Å². The van der Waals surface area contributed by atoms with Gasteiger partial charge in [0.05, 0.1) is 11.3 Å². The molecule has 2 aromatic carbocycles. The molecule has 0 aliphatic carbocycles. The van der Waals surface area contributed by atoms with Crippen molar-refractivity contribution in [3.63, 3.8) is 0 Å². The van der Waals surface area contributed by atoms with Crippen LogP contribution in [0.5, 0.6) is 0 Å². The highest BCUT2D eigenvalue weighted by Crippen LogP contribution is 2.28. The van der Waals surface area contributed by atoms with Gasteiger partial charge in [-0.1, -0.05) is 65.8 Å². The number of thioether (sulfide) groups is 1. The Kier molecular flexibility index (Phi) is 6.75. The average molecular weight is 415 g/mol. The van der Waals surface area contributed by atoms with Gasteiger partial charge in [0, 0.05) is 17.1 Å². The van der Waals surface area contributed by atoms with Gasteiger partial charge < -0.3 is 9.88 Å². The van der Waals surface area contributed by atoms with Crippen LogP contribution in [0.25, 0.3) is 11.4 Å². The number of hydrogen-bond acceptors (Lipinski definition) is 4. The summed E-state index contributed by atoms with van der Waals surface area (Å²) in [4.78, 5) is 12.6. The predicted octanol–water partition coefficient (Wildman–Crippen LogP) is 4.98. The number of amides is 1. The largest absolute Gasteiger partial charge is 0.349 e. The van der Waals surface area contributed by atoms with Gasteiger partial charge in [-0.15, -0.1) is 10.2 Å². The first-order valence-corrected chi connectivity index (χ1v) is 10.5. The Morgan fingerprint density at radius 2 is 1.89 bits per heavy atom. The molecule has 3 rings (SSSR count). The Bertz CT molecular complexity index is 945. The smallest absolute Gasteiger partial charge is 0.233 e. The lowest BCUT2D eigenvalue weighted by Crippen LogP contribution is -2.33. The van der Waals surface area contributed by atoms with Crippen molar-refractivity contribution in [1.82, 2.24) is 20.1 Å². The van der Waals surface area contributed by atoms with Crippen molar-refractivity contribution in [3.8, 4) is 11.4 Å². The third-order valence-corrected chi connectivity index (χ3v) is 5.74. The van der Waals surface area contributed by atoms with Crippen molar-refractivity contribution in [1.29, 1.82) is 0 Å². The highest BCUT2D eigenvalue weighted by molar-refractivity contribution is 8.00. The van der Waals surface area contributed by atoms with Crippen molar-refractivity contribution < 1.29 is 4.79 Å². The summed E-state index contributed by atoms with van der Waals surface area (Å²) in [6.45, 7) is 6.59. The van der Waals surface area contributed by atoms with Crippen molar-refractivity contribution in [2.24, 2.45) is 0 Å². The fourth-order valence-electron chi connectivity index (χ4n) is 2.87. The number of nitrogens with zero attached hydrogens (tertiary/aromatic N) is 3. The van der Waals surface area contributed by atoms with Crippen molar-refractivity contribution in [2.45, 2.75) is 43.8 Å². The monoisotopic (exact) mass is 414 g/mol. The molecule has 0 spiro atoms. The first-order chi connectivity index (χ1) is 13.5. The van der Waals surface area contributed by atoms with E-state index in [2.05, 4.69) is 15.5 Å². The zero-order valence-corrected chi connectivity index (χ0v) is 17.7. The number of aromatic nitrogens is 3. The van der Waals surface area contributed by atoms with E-state index >= 15 is 0 Å². The number of nitrogens with one attached hydrogen (secondary N) is 1. The molecule has 3 aromatic rings. The van der Waals surface area contributed by atoms with Gasteiger partial charge in [0.25, 0.3) is 0 Å². The lowest BCUT2D eigenvalue weighted by molar-refractivity contribution is -0.120. The second kappa shape index (κ2) is 9.26. The maximum Gasteiger partial charge on any atom is 0.233 e. The molecule has 5 nitrogen and oxygen atoms in total. The molecule has 0 saturated carbocycles. The van der Waals surface area contributed by atoms with Crippen molar-refractivity contribution >= 4 is 29.3 Å². The second-order valence-corrected chi connectivity index (χ2v) is 8.21. The van der Waals surface area contributed by atoms with Crippen LogP contribution in [-0.2, 0) is 11.3 Å². The van der Waals surface area contributed by atoms with E-state index in [4.69, 9.17) is 11.6 Å². The number of benzene rings is 2. The van der Waals surface area contributed by atoms with Crippen LogP contribution in [0.4, 0.5) is 0 Å². The minimum atomic E-state index is -0.298. The molecular formula is C21H23ClN4OS. The van der Waals surface area contributed by atoms with Crippen LogP contribution < -0.4 is 5.32 Å². The van der Waals surface area contributed by atoms with Crippen LogP contribution in [0.15, 0.2) is 59.8 Å². The van der Waals surface area contributed by atoms with Gasteiger partial charge in [-0.05, 0) is 38.5 Å². The SMILES string of the molecule is CCn1c(SC(C)C(=O)NC(C)c2ccccc2)nnc1-c1cccc(Cl)c1. The fourth-order valence-corrected chi connectivity index (χ4v) is 3.98. The number of carbonyl (C=O) groups excluding carboxylic acids is 1. The molecule has 0 saturated heterocycles. The van der Waals surface area contributed by atoms with Gasteiger partial charge >= 0.3 is 0 Å². The van der Waals surface area contributed by atoms with Crippen molar-refractivity contribution in [2.75, 3.05) is 0 Å². The summed E-state index contributed by atoms with van der Waals surface area (Å²) in [6, 6.07) is 17.4. The van der Waals surface area contributed by atoms with Crippen LogP contribution >= 0.6 is 23.4 Å². The topological polar surface area (TPSA) is 59.8 Å². The van der Waals surface area contributed by atoms with Crippen LogP contribution in [0.3, 0.4) is 0 Å². The lowest BCUT2D eigenvalue weighted by atomic mass is 10.1. The number of halogens is 1. The average Bonchev–Trinajstić information content (AvgIpc) is 3.11. The Balaban J connectivity index is 1.71.